The lowest BCUT2D eigenvalue weighted by atomic mass is 10.2. The molecule has 2 heterocycles. The molecule has 2 N–H and O–H groups in total. The van der Waals surface area contributed by atoms with E-state index in [0.29, 0.717) is 15.6 Å². The monoisotopic (exact) mass is 278 g/mol. The second-order valence-electron chi connectivity index (χ2n) is 3.37. The Morgan fingerprint density at radius 2 is 2.39 bits per heavy atom. The van der Waals surface area contributed by atoms with Gasteiger partial charge in [-0.15, -0.1) is 22.7 Å². The van der Waals surface area contributed by atoms with Gasteiger partial charge < -0.3 is 5.11 Å². The average Bonchev–Trinajstić information content (AvgIpc) is 2.95. The molecule has 2 rings (SSSR count). The Hall–Kier alpha value is -1.68. The molecule has 6 heteroatoms. The summed E-state index contributed by atoms with van der Waals surface area (Å²) in [5, 5.41) is 15.6. The molecular formula is C12H10N2O2S2. The van der Waals surface area contributed by atoms with Crippen molar-refractivity contribution in [3.05, 3.63) is 33.0 Å². The van der Waals surface area contributed by atoms with Crippen molar-refractivity contribution >= 4 is 33.7 Å². The largest absolute Gasteiger partial charge is 0.384 e. The van der Waals surface area contributed by atoms with Gasteiger partial charge in [0.25, 0.3) is 5.91 Å². The van der Waals surface area contributed by atoms with Gasteiger partial charge in [0.05, 0.1) is 5.69 Å². The second kappa shape index (κ2) is 5.78. The molecule has 0 aliphatic heterocycles. The molecule has 4 nitrogen and oxygen atoms in total. The quantitative estimate of drug-likeness (QED) is 0.827. The normalized spacial score (nSPS) is 9.67. The van der Waals surface area contributed by atoms with E-state index >= 15 is 0 Å². The minimum Gasteiger partial charge on any atom is -0.384 e. The third kappa shape index (κ3) is 2.96. The van der Waals surface area contributed by atoms with Gasteiger partial charge in [0.1, 0.15) is 11.5 Å². The van der Waals surface area contributed by atoms with Crippen LogP contribution in [-0.4, -0.2) is 22.6 Å². The van der Waals surface area contributed by atoms with Gasteiger partial charge in [-0.05, 0) is 18.4 Å². The first-order valence-corrected chi connectivity index (χ1v) is 6.87. The molecule has 0 aromatic carbocycles. The lowest BCUT2D eigenvalue weighted by molar-refractivity contribution is 0.103. The smallest absolute Gasteiger partial charge is 0.268 e. The van der Waals surface area contributed by atoms with E-state index in [0.717, 1.165) is 5.69 Å². The molecule has 0 aliphatic rings. The molecular weight excluding hydrogens is 268 g/mol. The van der Waals surface area contributed by atoms with Crippen molar-refractivity contribution in [2.45, 2.75) is 6.92 Å². The fourth-order valence-corrected chi connectivity index (χ4v) is 2.71. The Kier molecular flexibility index (Phi) is 4.10. The van der Waals surface area contributed by atoms with Crippen LogP contribution in [0.1, 0.15) is 20.9 Å². The molecule has 18 heavy (non-hydrogen) atoms. The molecule has 0 radical (unpaired) electrons. The van der Waals surface area contributed by atoms with Crippen LogP contribution >= 0.6 is 22.7 Å². The van der Waals surface area contributed by atoms with Gasteiger partial charge in [-0.2, -0.15) is 0 Å². The number of aromatic nitrogens is 1. The van der Waals surface area contributed by atoms with Crippen molar-refractivity contribution < 1.29 is 9.90 Å². The number of thiazole rings is 1. The Morgan fingerprint density at radius 1 is 1.56 bits per heavy atom. The van der Waals surface area contributed by atoms with Crippen molar-refractivity contribution in [3.63, 3.8) is 0 Å². The minimum atomic E-state index is -0.221. The Labute approximate surface area is 112 Å². The van der Waals surface area contributed by atoms with Crippen LogP contribution in [0.25, 0.3) is 0 Å². The maximum Gasteiger partial charge on any atom is 0.268 e. The fraction of sp³-hybridized carbons (Fsp3) is 0.167. The number of hydrogen-bond acceptors (Lipinski definition) is 5. The number of nitrogens with zero attached hydrogens (tertiary/aromatic N) is 1. The van der Waals surface area contributed by atoms with E-state index in [-0.39, 0.29) is 12.5 Å². The number of aliphatic hydroxyl groups is 1. The molecule has 0 atom stereocenters. The summed E-state index contributed by atoms with van der Waals surface area (Å²) in [6, 6.07) is 1.76. The third-order valence-corrected chi connectivity index (χ3v) is 3.80. The summed E-state index contributed by atoms with van der Waals surface area (Å²) in [7, 11) is 0. The van der Waals surface area contributed by atoms with Crippen LogP contribution in [0.2, 0.25) is 0 Å². The third-order valence-electron chi connectivity index (χ3n) is 2.01. The lowest BCUT2D eigenvalue weighted by Gasteiger charge is -1.99. The van der Waals surface area contributed by atoms with Crippen molar-refractivity contribution in [3.8, 4) is 11.8 Å². The second-order valence-corrected chi connectivity index (χ2v) is 5.15. The Balaban J connectivity index is 2.16. The van der Waals surface area contributed by atoms with Gasteiger partial charge in [-0.25, -0.2) is 4.98 Å². The molecule has 0 bridgehead atoms. The molecule has 1 amide bonds. The molecule has 0 saturated carbocycles. The van der Waals surface area contributed by atoms with Crippen molar-refractivity contribution in [1.82, 2.24) is 4.98 Å². The van der Waals surface area contributed by atoms with E-state index in [1.54, 1.807) is 11.4 Å². The highest BCUT2D eigenvalue weighted by molar-refractivity contribution is 7.14. The number of carbonyl (C=O) groups excluding carboxylic acids is 1. The van der Waals surface area contributed by atoms with Crippen molar-refractivity contribution in [2.75, 3.05) is 11.9 Å². The van der Waals surface area contributed by atoms with E-state index in [4.69, 9.17) is 5.11 Å². The maximum atomic E-state index is 12.0. The highest BCUT2D eigenvalue weighted by atomic mass is 32.1. The average molecular weight is 278 g/mol. The van der Waals surface area contributed by atoms with E-state index < -0.39 is 0 Å². The predicted octanol–water partition coefficient (Wildman–Crippen LogP) is 2.11. The number of hydrogen-bond donors (Lipinski definition) is 2. The van der Waals surface area contributed by atoms with E-state index in [2.05, 4.69) is 22.1 Å². The van der Waals surface area contributed by atoms with Gasteiger partial charge in [0.2, 0.25) is 0 Å². The molecule has 2 aromatic heterocycles. The first kappa shape index (κ1) is 12.8. The fourth-order valence-electron chi connectivity index (χ4n) is 1.28. The number of aryl methyl sites for hydroxylation is 1. The zero-order valence-corrected chi connectivity index (χ0v) is 11.2. The number of nitrogens with one attached hydrogen (secondary N) is 1. The molecule has 2 aromatic rings. The Bertz CT molecular complexity index is 619. The molecule has 0 aliphatic carbocycles. The SMILES string of the molecule is Cc1csc(NC(=O)c2sccc2C#CCO)n1. The van der Waals surface area contributed by atoms with Gasteiger partial charge in [-0.3, -0.25) is 10.1 Å². The minimum absolute atomic E-state index is 0.220. The summed E-state index contributed by atoms with van der Waals surface area (Å²) in [6.07, 6.45) is 0. The van der Waals surface area contributed by atoms with Gasteiger partial charge in [-0.1, -0.05) is 11.8 Å². The van der Waals surface area contributed by atoms with Crippen LogP contribution in [0.5, 0.6) is 0 Å². The van der Waals surface area contributed by atoms with Gasteiger partial charge >= 0.3 is 0 Å². The van der Waals surface area contributed by atoms with Gasteiger partial charge in [0.15, 0.2) is 5.13 Å². The Morgan fingerprint density at radius 3 is 3.06 bits per heavy atom. The number of rotatable bonds is 2. The van der Waals surface area contributed by atoms with Crippen LogP contribution in [-0.2, 0) is 0 Å². The van der Waals surface area contributed by atoms with Crippen LogP contribution in [0.3, 0.4) is 0 Å². The topological polar surface area (TPSA) is 62.2 Å². The van der Waals surface area contributed by atoms with Gasteiger partial charge in [0, 0.05) is 10.9 Å². The summed E-state index contributed by atoms with van der Waals surface area (Å²) < 4.78 is 0. The number of amides is 1. The number of aliphatic hydroxyl groups excluding tert-OH is 1. The van der Waals surface area contributed by atoms with E-state index in [9.17, 15) is 4.79 Å². The highest BCUT2D eigenvalue weighted by Crippen LogP contribution is 2.20. The van der Waals surface area contributed by atoms with Crippen molar-refractivity contribution in [1.29, 1.82) is 0 Å². The first-order valence-electron chi connectivity index (χ1n) is 5.11. The van der Waals surface area contributed by atoms with Crippen LogP contribution in [0.4, 0.5) is 5.13 Å². The molecule has 0 fully saturated rings. The summed E-state index contributed by atoms with van der Waals surface area (Å²) in [5.74, 6) is 5.06. The zero-order valence-electron chi connectivity index (χ0n) is 9.56. The predicted molar refractivity (Wildman–Crippen MR) is 73.1 cm³/mol. The van der Waals surface area contributed by atoms with Crippen LogP contribution < -0.4 is 5.32 Å². The van der Waals surface area contributed by atoms with Crippen molar-refractivity contribution in [2.24, 2.45) is 0 Å². The number of anilines is 1. The van der Waals surface area contributed by atoms with E-state index in [1.165, 1.54) is 22.7 Å². The first-order chi connectivity index (χ1) is 8.70. The highest BCUT2D eigenvalue weighted by Gasteiger charge is 2.13. The summed E-state index contributed by atoms with van der Waals surface area (Å²) >= 11 is 2.70. The summed E-state index contributed by atoms with van der Waals surface area (Å²) in [4.78, 5) is 16.7. The molecule has 92 valence electrons. The summed E-state index contributed by atoms with van der Waals surface area (Å²) in [5.41, 5.74) is 1.50. The van der Waals surface area contributed by atoms with Crippen LogP contribution in [0.15, 0.2) is 16.8 Å². The molecule has 0 unspecified atom stereocenters. The molecule has 0 saturated heterocycles. The number of thiophene rings is 1. The number of carbonyl (C=O) groups is 1. The van der Waals surface area contributed by atoms with E-state index in [1.807, 2.05) is 12.3 Å². The standard InChI is InChI=1S/C12H10N2O2S2/c1-8-7-18-12(13-8)14-11(16)10-9(3-2-5-15)4-6-17-10/h4,6-7,15H,5H2,1H3,(H,13,14,16). The lowest BCUT2D eigenvalue weighted by Crippen LogP contribution is -2.11. The van der Waals surface area contributed by atoms with Crippen LogP contribution in [0, 0.1) is 18.8 Å². The molecule has 0 spiro atoms. The summed E-state index contributed by atoms with van der Waals surface area (Å²) in [6.45, 7) is 1.65. The maximum absolute atomic E-state index is 12.0. The zero-order chi connectivity index (χ0) is 13.0.